The van der Waals surface area contributed by atoms with Gasteiger partial charge in [0.25, 0.3) is 0 Å². The maximum atomic E-state index is 9.69. The highest BCUT2D eigenvalue weighted by Crippen LogP contribution is 2.09. The molecule has 0 rings (SSSR count). The predicted octanol–water partition coefficient (Wildman–Crippen LogP) is 2.51. The van der Waals surface area contributed by atoms with Crippen LogP contribution in [0, 0.1) is 0 Å². The number of hydrogen-bond acceptors (Lipinski definition) is 4. The number of aliphatic hydroxyl groups is 2. The highest BCUT2D eigenvalue weighted by Gasteiger charge is 2.03. The van der Waals surface area contributed by atoms with E-state index in [0.717, 1.165) is 12.8 Å². The Morgan fingerprint density at radius 2 is 1.47 bits per heavy atom. The van der Waals surface area contributed by atoms with Gasteiger partial charge in [0.2, 0.25) is 0 Å². The van der Waals surface area contributed by atoms with E-state index in [1.165, 1.54) is 38.5 Å². The topological polar surface area (TPSA) is 58.9 Å². The number of aliphatic hydroxyl groups excluding tert-OH is 2. The largest absolute Gasteiger partial charge is 0.394 e. The Balaban J connectivity index is 3.10. The van der Waals surface area contributed by atoms with E-state index in [-0.39, 0.29) is 12.7 Å². The molecular weight excluding hydrogens is 244 g/mol. The van der Waals surface area contributed by atoms with Gasteiger partial charge in [0.1, 0.15) is 0 Å². The van der Waals surface area contributed by atoms with Gasteiger partial charge >= 0.3 is 0 Å². The molecule has 0 saturated heterocycles. The van der Waals surface area contributed by atoms with Crippen LogP contribution in [0.15, 0.2) is 0 Å². The van der Waals surface area contributed by atoms with Crippen molar-refractivity contribution in [1.29, 1.82) is 0 Å². The van der Waals surface area contributed by atoms with Crippen molar-refractivity contribution in [2.24, 2.45) is 0 Å². The summed E-state index contributed by atoms with van der Waals surface area (Å²) >= 11 is 0. The van der Waals surface area contributed by atoms with Crippen LogP contribution in [-0.2, 0) is 9.47 Å². The van der Waals surface area contributed by atoms with Gasteiger partial charge in [-0.3, -0.25) is 0 Å². The highest BCUT2D eigenvalue weighted by atomic mass is 16.5. The van der Waals surface area contributed by atoms with Crippen molar-refractivity contribution in [2.45, 2.75) is 64.4 Å². The lowest BCUT2D eigenvalue weighted by Gasteiger charge is -2.11. The van der Waals surface area contributed by atoms with Crippen LogP contribution in [0.5, 0.6) is 0 Å². The van der Waals surface area contributed by atoms with Crippen LogP contribution in [0.3, 0.4) is 0 Å². The molecule has 1 unspecified atom stereocenters. The molecule has 0 bridgehead atoms. The molecular formula is C15H32O4. The number of unbranched alkanes of at least 4 members (excludes halogenated alkanes) is 6. The first-order valence-electron chi connectivity index (χ1n) is 7.75. The molecule has 116 valence electrons. The van der Waals surface area contributed by atoms with E-state index in [4.69, 9.17) is 14.6 Å². The fraction of sp³-hybridized carbons (Fsp3) is 1.00. The molecule has 0 radical (unpaired) electrons. The molecule has 0 aliphatic rings. The van der Waals surface area contributed by atoms with E-state index in [0.29, 0.717) is 26.4 Å². The zero-order valence-electron chi connectivity index (χ0n) is 12.5. The second kappa shape index (κ2) is 15.9. The molecule has 0 aromatic carbocycles. The fourth-order valence-corrected chi connectivity index (χ4v) is 1.92. The van der Waals surface area contributed by atoms with Crippen LogP contribution in [0.1, 0.15) is 58.3 Å². The van der Waals surface area contributed by atoms with Crippen LogP contribution >= 0.6 is 0 Å². The Bertz CT molecular complexity index is 164. The van der Waals surface area contributed by atoms with Gasteiger partial charge < -0.3 is 19.7 Å². The molecule has 19 heavy (non-hydrogen) atoms. The first-order valence-corrected chi connectivity index (χ1v) is 7.75. The number of hydrogen-bond donors (Lipinski definition) is 2. The molecule has 0 heterocycles. The van der Waals surface area contributed by atoms with Gasteiger partial charge in [-0.2, -0.15) is 0 Å². The normalized spacial score (nSPS) is 12.8. The lowest BCUT2D eigenvalue weighted by atomic mass is 10.1. The van der Waals surface area contributed by atoms with E-state index in [1.807, 2.05) is 0 Å². The Hall–Kier alpha value is -0.160. The summed E-state index contributed by atoms with van der Waals surface area (Å²) in [5.74, 6) is 0. The second-order valence-electron chi connectivity index (χ2n) is 4.97. The van der Waals surface area contributed by atoms with Crippen LogP contribution in [0.4, 0.5) is 0 Å². The molecule has 0 aliphatic heterocycles. The molecule has 0 fully saturated rings. The standard InChI is InChI=1S/C15H32O4/c1-2-3-4-5-6-7-8-9-15(17)14-19-13-12-18-11-10-16/h15-17H,2-14H2,1H3. The molecule has 0 saturated carbocycles. The van der Waals surface area contributed by atoms with Crippen molar-refractivity contribution in [3.05, 3.63) is 0 Å². The van der Waals surface area contributed by atoms with Gasteiger partial charge in [-0.1, -0.05) is 51.9 Å². The maximum absolute atomic E-state index is 9.69. The lowest BCUT2D eigenvalue weighted by Crippen LogP contribution is -2.17. The summed E-state index contributed by atoms with van der Waals surface area (Å²) in [6, 6.07) is 0. The first kappa shape index (κ1) is 18.8. The first-order chi connectivity index (χ1) is 9.31. The van der Waals surface area contributed by atoms with Crippen molar-refractivity contribution in [1.82, 2.24) is 0 Å². The Labute approximate surface area is 118 Å². The van der Waals surface area contributed by atoms with E-state index >= 15 is 0 Å². The summed E-state index contributed by atoms with van der Waals surface area (Å²) < 4.78 is 10.3. The van der Waals surface area contributed by atoms with Gasteiger partial charge in [0, 0.05) is 0 Å². The average molecular weight is 276 g/mol. The monoisotopic (exact) mass is 276 g/mol. The third kappa shape index (κ3) is 15.8. The minimum atomic E-state index is -0.353. The van der Waals surface area contributed by atoms with Gasteiger partial charge in [-0.05, 0) is 6.42 Å². The third-order valence-corrected chi connectivity index (χ3v) is 3.06. The van der Waals surface area contributed by atoms with Crippen molar-refractivity contribution in [2.75, 3.05) is 33.0 Å². The molecule has 4 nitrogen and oxygen atoms in total. The predicted molar refractivity (Wildman–Crippen MR) is 77.3 cm³/mol. The van der Waals surface area contributed by atoms with Crippen LogP contribution in [-0.4, -0.2) is 49.4 Å². The van der Waals surface area contributed by atoms with Gasteiger partial charge in [0.05, 0.1) is 39.1 Å². The number of rotatable bonds is 15. The lowest BCUT2D eigenvalue weighted by molar-refractivity contribution is -0.00465. The van der Waals surface area contributed by atoms with E-state index in [2.05, 4.69) is 6.92 Å². The Morgan fingerprint density at radius 1 is 0.842 bits per heavy atom. The Morgan fingerprint density at radius 3 is 2.16 bits per heavy atom. The molecule has 0 aliphatic carbocycles. The van der Waals surface area contributed by atoms with E-state index in [1.54, 1.807) is 0 Å². The molecule has 0 aromatic rings. The molecule has 0 amide bonds. The quantitative estimate of drug-likeness (QED) is 0.451. The third-order valence-electron chi connectivity index (χ3n) is 3.06. The van der Waals surface area contributed by atoms with E-state index < -0.39 is 0 Å². The Kier molecular flexibility index (Phi) is 15.8. The van der Waals surface area contributed by atoms with Crippen LogP contribution in [0.25, 0.3) is 0 Å². The van der Waals surface area contributed by atoms with Crippen molar-refractivity contribution >= 4 is 0 Å². The minimum Gasteiger partial charge on any atom is -0.394 e. The van der Waals surface area contributed by atoms with Crippen LogP contribution < -0.4 is 0 Å². The summed E-state index contributed by atoms with van der Waals surface area (Å²) in [5, 5.41) is 18.2. The second-order valence-corrected chi connectivity index (χ2v) is 4.97. The summed E-state index contributed by atoms with van der Waals surface area (Å²) in [4.78, 5) is 0. The molecule has 1 atom stereocenters. The number of ether oxygens (including phenoxy) is 2. The smallest absolute Gasteiger partial charge is 0.0773 e. The molecule has 4 heteroatoms. The fourth-order valence-electron chi connectivity index (χ4n) is 1.92. The van der Waals surface area contributed by atoms with Gasteiger partial charge in [-0.15, -0.1) is 0 Å². The summed E-state index contributed by atoms with van der Waals surface area (Å²) in [7, 11) is 0. The zero-order chi connectivity index (χ0) is 14.2. The SMILES string of the molecule is CCCCCCCCCC(O)COCCOCCO. The molecule has 2 N–H and O–H groups in total. The van der Waals surface area contributed by atoms with Crippen molar-refractivity contribution < 1.29 is 19.7 Å². The molecule has 0 spiro atoms. The van der Waals surface area contributed by atoms with Crippen molar-refractivity contribution in [3.8, 4) is 0 Å². The maximum Gasteiger partial charge on any atom is 0.0773 e. The van der Waals surface area contributed by atoms with Crippen molar-refractivity contribution in [3.63, 3.8) is 0 Å². The zero-order valence-corrected chi connectivity index (χ0v) is 12.5. The van der Waals surface area contributed by atoms with Gasteiger partial charge in [0.15, 0.2) is 0 Å². The summed E-state index contributed by atoms with van der Waals surface area (Å²) in [6.45, 7) is 3.97. The minimum absolute atomic E-state index is 0.0425. The molecule has 0 aromatic heterocycles. The average Bonchev–Trinajstić information content (AvgIpc) is 2.41. The van der Waals surface area contributed by atoms with E-state index in [9.17, 15) is 5.11 Å². The summed E-state index contributed by atoms with van der Waals surface area (Å²) in [6.07, 6.45) is 9.34. The highest BCUT2D eigenvalue weighted by molar-refractivity contribution is 4.55. The summed E-state index contributed by atoms with van der Waals surface area (Å²) in [5.41, 5.74) is 0. The van der Waals surface area contributed by atoms with Gasteiger partial charge in [-0.25, -0.2) is 0 Å². The van der Waals surface area contributed by atoms with Crippen LogP contribution in [0.2, 0.25) is 0 Å².